The lowest BCUT2D eigenvalue weighted by atomic mass is 9.76. The summed E-state index contributed by atoms with van der Waals surface area (Å²) < 4.78 is 0. The summed E-state index contributed by atoms with van der Waals surface area (Å²) in [5.74, 6) is 0. The Kier molecular flexibility index (Phi) is 5.68. The van der Waals surface area contributed by atoms with E-state index in [1.165, 1.54) is 32.1 Å². The predicted molar refractivity (Wildman–Crippen MR) is 60.2 cm³/mol. The first-order valence-electron chi connectivity index (χ1n) is 5.60. The van der Waals surface area contributed by atoms with E-state index in [0.717, 1.165) is 0 Å². The van der Waals surface area contributed by atoms with Gasteiger partial charge in [-0.05, 0) is 39.0 Å². The minimum Gasteiger partial charge on any atom is -0.396 e. The maximum absolute atomic E-state index is 8.95. The summed E-state index contributed by atoms with van der Waals surface area (Å²) in [5.41, 5.74) is -0.224. The predicted octanol–water partition coefficient (Wildman–Crippen LogP) is 2.73. The molecule has 1 fully saturated rings. The fraction of sp³-hybridized carbons (Fsp3) is 1.00. The van der Waals surface area contributed by atoms with Crippen LogP contribution in [0.15, 0.2) is 0 Å². The van der Waals surface area contributed by atoms with Crippen molar-refractivity contribution in [2.75, 3.05) is 6.61 Å². The van der Waals surface area contributed by atoms with Crippen LogP contribution in [0.2, 0.25) is 0 Å². The van der Waals surface area contributed by atoms with Crippen LogP contribution in [0.1, 0.15) is 59.8 Å². The van der Waals surface area contributed by atoms with Gasteiger partial charge in [0, 0.05) is 6.61 Å². The Morgan fingerprint density at radius 2 is 1.43 bits per heavy atom. The lowest BCUT2D eigenvalue weighted by Gasteiger charge is -2.31. The Morgan fingerprint density at radius 3 is 1.64 bits per heavy atom. The molecule has 86 valence electrons. The smallest absolute Gasteiger partial charge is 0.0563 e. The highest BCUT2D eigenvalue weighted by molar-refractivity contribution is 4.76. The van der Waals surface area contributed by atoms with Crippen molar-refractivity contribution in [3.63, 3.8) is 0 Å². The Labute approximate surface area is 88.3 Å². The topological polar surface area (TPSA) is 40.5 Å². The van der Waals surface area contributed by atoms with Crippen molar-refractivity contribution in [2.24, 2.45) is 5.41 Å². The lowest BCUT2D eigenvalue weighted by molar-refractivity contribution is 0.100. The SMILES string of the molecule is CC(C)(C)O.CC1(CO)CCCCC1. The van der Waals surface area contributed by atoms with E-state index < -0.39 is 5.60 Å². The van der Waals surface area contributed by atoms with Gasteiger partial charge in [0.15, 0.2) is 0 Å². The van der Waals surface area contributed by atoms with E-state index in [1.54, 1.807) is 20.8 Å². The minimum atomic E-state index is -0.500. The molecule has 0 spiro atoms. The third kappa shape index (κ3) is 8.52. The highest BCUT2D eigenvalue weighted by atomic mass is 16.3. The van der Waals surface area contributed by atoms with Crippen LogP contribution in [0, 0.1) is 5.41 Å². The Hall–Kier alpha value is -0.0800. The largest absolute Gasteiger partial charge is 0.396 e. The lowest BCUT2D eigenvalue weighted by Crippen LogP contribution is -2.23. The molecule has 0 aromatic rings. The fourth-order valence-corrected chi connectivity index (χ4v) is 1.56. The number of hydrogen-bond donors (Lipinski definition) is 2. The van der Waals surface area contributed by atoms with Gasteiger partial charge in [-0.3, -0.25) is 0 Å². The van der Waals surface area contributed by atoms with Crippen LogP contribution in [0.5, 0.6) is 0 Å². The number of rotatable bonds is 1. The second-order valence-electron chi connectivity index (χ2n) is 5.70. The highest BCUT2D eigenvalue weighted by Gasteiger charge is 2.25. The minimum absolute atomic E-state index is 0.276. The normalized spacial score (nSPS) is 21.0. The van der Waals surface area contributed by atoms with E-state index in [9.17, 15) is 0 Å². The average molecular weight is 202 g/mol. The first-order chi connectivity index (χ1) is 6.27. The highest BCUT2D eigenvalue weighted by Crippen LogP contribution is 2.34. The van der Waals surface area contributed by atoms with Crippen LogP contribution in [-0.4, -0.2) is 22.4 Å². The Balaban J connectivity index is 0.000000292. The molecule has 0 heterocycles. The van der Waals surface area contributed by atoms with E-state index >= 15 is 0 Å². The summed E-state index contributed by atoms with van der Waals surface area (Å²) in [6.07, 6.45) is 6.46. The van der Waals surface area contributed by atoms with Crippen molar-refractivity contribution in [1.82, 2.24) is 0 Å². The summed E-state index contributed by atoms with van der Waals surface area (Å²) in [4.78, 5) is 0. The fourth-order valence-electron chi connectivity index (χ4n) is 1.56. The van der Waals surface area contributed by atoms with Crippen molar-refractivity contribution in [3.8, 4) is 0 Å². The molecule has 1 aliphatic rings. The molecule has 1 rings (SSSR count). The van der Waals surface area contributed by atoms with E-state index in [1.807, 2.05) is 0 Å². The quantitative estimate of drug-likeness (QED) is 0.686. The van der Waals surface area contributed by atoms with Gasteiger partial charge in [-0.1, -0.05) is 26.2 Å². The van der Waals surface area contributed by atoms with E-state index in [2.05, 4.69) is 6.92 Å². The molecule has 0 bridgehead atoms. The van der Waals surface area contributed by atoms with Gasteiger partial charge in [0.1, 0.15) is 0 Å². The molecule has 2 heteroatoms. The maximum atomic E-state index is 8.95. The summed E-state index contributed by atoms with van der Waals surface area (Å²) in [6, 6.07) is 0. The molecule has 1 saturated carbocycles. The molecule has 2 nitrogen and oxygen atoms in total. The standard InChI is InChI=1S/C8H16O.C4H10O/c1-8(7-9)5-3-2-4-6-8;1-4(2,3)5/h9H,2-7H2,1H3;5H,1-3H3. The molecule has 0 atom stereocenters. The Bertz CT molecular complexity index is 135. The van der Waals surface area contributed by atoms with Crippen molar-refractivity contribution in [2.45, 2.75) is 65.4 Å². The second-order valence-corrected chi connectivity index (χ2v) is 5.70. The van der Waals surface area contributed by atoms with Crippen molar-refractivity contribution in [1.29, 1.82) is 0 Å². The zero-order valence-electron chi connectivity index (χ0n) is 10.1. The molecule has 0 aromatic carbocycles. The Morgan fingerprint density at radius 1 is 1.07 bits per heavy atom. The third-order valence-electron chi connectivity index (χ3n) is 2.44. The first-order valence-corrected chi connectivity index (χ1v) is 5.60. The van der Waals surface area contributed by atoms with Gasteiger partial charge >= 0.3 is 0 Å². The van der Waals surface area contributed by atoms with Gasteiger partial charge in [-0.2, -0.15) is 0 Å². The molecule has 2 N–H and O–H groups in total. The monoisotopic (exact) mass is 202 g/mol. The second kappa shape index (κ2) is 5.72. The average Bonchev–Trinajstić information content (AvgIpc) is 2.03. The van der Waals surface area contributed by atoms with Crippen molar-refractivity contribution in [3.05, 3.63) is 0 Å². The molecule has 1 aliphatic carbocycles. The van der Waals surface area contributed by atoms with Crippen LogP contribution in [0.4, 0.5) is 0 Å². The molecular formula is C12H26O2. The van der Waals surface area contributed by atoms with E-state index in [4.69, 9.17) is 10.2 Å². The summed E-state index contributed by atoms with van der Waals surface area (Å²) in [5, 5.41) is 17.5. The van der Waals surface area contributed by atoms with Crippen LogP contribution in [-0.2, 0) is 0 Å². The summed E-state index contributed by atoms with van der Waals surface area (Å²) in [7, 11) is 0. The summed E-state index contributed by atoms with van der Waals surface area (Å²) >= 11 is 0. The van der Waals surface area contributed by atoms with Crippen LogP contribution < -0.4 is 0 Å². The van der Waals surface area contributed by atoms with Crippen LogP contribution in [0.25, 0.3) is 0 Å². The molecule has 0 aliphatic heterocycles. The van der Waals surface area contributed by atoms with Gasteiger partial charge in [-0.15, -0.1) is 0 Å². The molecule has 0 amide bonds. The molecule has 0 unspecified atom stereocenters. The first kappa shape index (κ1) is 13.9. The molecule has 14 heavy (non-hydrogen) atoms. The van der Waals surface area contributed by atoms with E-state index in [0.29, 0.717) is 6.61 Å². The number of aliphatic hydroxyl groups excluding tert-OH is 1. The van der Waals surface area contributed by atoms with Crippen molar-refractivity contribution >= 4 is 0 Å². The van der Waals surface area contributed by atoms with Gasteiger partial charge < -0.3 is 10.2 Å². The van der Waals surface area contributed by atoms with Gasteiger partial charge in [0.25, 0.3) is 0 Å². The zero-order valence-corrected chi connectivity index (χ0v) is 10.1. The molecular weight excluding hydrogens is 176 g/mol. The number of hydrogen-bond acceptors (Lipinski definition) is 2. The summed E-state index contributed by atoms with van der Waals surface area (Å²) in [6.45, 7) is 7.80. The zero-order chi connectivity index (χ0) is 11.2. The molecule has 0 saturated heterocycles. The number of aliphatic hydroxyl groups is 2. The third-order valence-corrected chi connectivity index (χ3v) is 2.44. The van der Waals surface area contributed by atoms with Gasteiger partial charge in [0.05, 0.1) is 5.60 Å². The molecule has 0 aromatic heterocycles. The van der Waals surface area contributed by atoms with Gasteiger partial charge in [-0.25, -0.2) is 0 Å². The maximum Gasteiger partial charge on any atom is 0.0563 e. The molecule has 0 radical (unpaired) electrons. The van der Waals surface area contributed by atoms with Crippen LogP contribution >= 0.6 is 0 Å². The van der Waals surface area contributed by atoms with Crippen LogP contribution in [0.3, 0.4) is 0 Å². The van der Waals surface area contributed by atoms with Crippen molar-refractivity contribution < 1.29 is 10.2 Å². The van der Waals surface area contributed by atoms with Gasteiger partial charge in [0.2, 0.25) is 0 Å². The van der Waals surface area contributed by atoms with E-state index in [-0.39, 0.29) is 5.41 Å².